The number of carboxylic acids is 2. The number of nitrogens with two attached hydrogens (primary N) is 1. The lowest BCUT2D eigenvalue weighted by molar-refractivity contribution is -0.284. The first-order valence-corrected chi connectivity index (χ1v) is 41.5. The molecule has 0 aliphatic carbocycles. The molecule has 3 fully saturated rings. The smallest absolute Gasteiger partial charge is 0.330 e. The number of aliphatic hydroxyl groups excluding tert-OH is 10. The van der Waals surface area contributed by atoms with Gasteiger partial charge in [-0.1, -0.05) is 47.5 Å². The van der Waals surface area contributed by atoms with Crippen LogP contribution in [0.25, 0.3) is 11.1 Å². The number of fused-ring (bicyclic) bond motifs is 14. The number of carbonyl (C=O) groups excluding carboxylic acids is 8. The molecule has 0 spiro atoms. The van der Waals surface area contributed by atoms with Crippen LogP contribution < -0.4 is 72.0 Å². The monoisotopic (exact) mass is 1950 g/mol. The van der Waals surface area contributed by atoms with E-state index in [4.69, 9.17) is 71.6 Å². The number of nitrogens with one attached hydrogen (secondary N) is 8. The summed E-state index contributed by atoms with van der Waals surface area (Å²) in [4.78, 5) is 150. The fourth-order valence-corrected chi connectivity index (χ4v) is 16.7. The van der Waals surface area contributed by atoms with Gasteiger partial charge in [0.15, 0.2) is 35.3 Å². The zero-order valence-corrected chi connectivity index (χ0v) is 70.5. The van der Waals surface area contributed by atoms with E-state index in [0.29, 0.717) is 0 Å². The molecule has 7 aromatic carbocycles. The largest absolute Gasteiger partial charge is 0.508 e. The quantitative estimate of drug-likeness (QED) is 0.0525. The number of aromatic hydroxyl groups is 3. The number of carboxylic acid groups (broad SMARTS) is 2. The van der Waals surface area contributed by atoms with Crippen molar-refractivity contribution in [3.05, 3.63) is 168 Å². The summed E-state index contributed by atoms with van der Waals surface area (Å²) in [7, 11) is 0. The Hall–Kier alpha value is -11.7. The van der Waals surface area contributed by atoms with Crippen LogP contribution in [0.1, 0.15) is 101 Å². The van der Waals surface area contributed by atoms with Gasteiger partial charge in [0.05, 0.1) is 29.9 Å². The highest BCUT2D eigenvalue weighted by Crippen LogP contribution is 2.51. The molecule has 6 unspecified atom stereocenters. The van der Waals surface area contributed by atoms with Crippen LogP contribution >= 0.6 is 45.8 Å². The van der Waals surface area contributed by atoms with E-state index in [1.807, 2.05) is 0 Å². The molecule has 23 atom stereocenters. The van der Waals surface area contributed by atoms with Crippen LogP contribution in [-0.4, -0.2) is 260 Å². The average Bonchev–Trinajstić information content (AvgIpc) is 0.749. The molecule has 0 aromatic heterocycles. The number of amides is 8. The third-order valence-corrected chi connectivity index (χ3v) is 23.7. The van der Waals surface area contributed by atoms with Gasteiger partial charge in [0, 0.05) is 53.0 Å². The number of ether oxygens (including phenoxy) is 9. The van der Waals surface area contributed by atoms with Crippen LogP contribution in [0.15, 0.2) is 115 Å². The molecule has 9 aliphatic rings. The lowest BCUT2D eigenvalue weighted by Gasteiger charge is -2.44. The van der Waals surface area contributed by atoms with Crippen molar-refractivity contribution in [2.45, 2.75) is 173 Å². The van der Waals surface area contributed by atoms with Crippen LogP contribution in [-0.2, 0) is 73.3 Å². The van der Waals surface area contributed by atoms with Crippen LogP contribution in [0.4, 0.5) is 0 Å². The number of halogens is 3. The van der Waals surface area contributed by atoms with Gasteiger partial charge in [-0.05, 0) is 147 Å². The van der Waals surface area contributed by atoms with Crippen LogP contribution in [0.5, 0.6) is 63.2 Å². The third-order valence-electron chi connectivity index (χ3n) is 22.2. The molecule has 16 rings (SSSR count). The maximum absolute atomic E-state index is 17.0. The van der Waals surface area contributed by atoms with Crippen LogP contribution in [0.2, 0.25) is 10.0 Å². The highest BCUT2D eigenvalue weighted by atomic mass is 127. The summed E-state index contributed by atoms with van der Waals surface area (Å²) in [6.07, 6.45) is -30.7. The van der Waals surface area contributed by atoms with Crippen molar-refractivity contribution < 1.29 is 167 Å². The molecule has 9 heterocycles. The maximum Gasteiger partial charge on any atom is 0.330 e. The molecule has 686 valence electrons. The van der Waals surface area contributed by atoms with Crippen molar-refractivity contribution in [3.8, 4) is 74.4 Å². The van der Waals surface area contributed by atoms with Crippen molar-refractivity contribution in [2.24, 2.45) is 5.73 Å². The van der Waals surface area contributed by atoms with E-state index in [9.17, 15) is 101 Å². The fourth-order valence-electron chi connectivity index (χ4n) is 15.7. The number of carbonyl (C=O) groups is 10. The van der Waals surface area contributed by atoms with E-state index in [1.165, 1.54) is 42.5 Å². The minimum Gasteiger partial charge on any atom is -0.508 e. The number of phenols is 3. The highest BCUT2D eigenvalue weighted by Gasteiger charge is 2.52. The van der Waals surface area contributed by atoms with Crippen LogP contribution in [0, 0.1) is 3.57 Å². The topological polar surface area (TPSA) is 679 Å². The van der Waals surface area contributed by atoms with Gasteiger partial charge < -0.3 is 167 Å². The van der Waals surface area contributed by atoms with Gasteiger partial charge in [0.1, 0.15) is 150 Å². The minimum absolute atomic E-state index is 0.0187. The Bertz CT molecular complexity index is 5570. The van der Waals surface area contributed by atoms with Gasteiger partial charge in [-0.25, -0.2) is 4.79 Å². The summed E-state index contributed by atoms with van der Waals surface area (Å²) in [5.41, 5.74) is 3.62. The van der Waals surface area contributed by atoms with E-state index in [0.717, 1.165) is 79.7 Å². The molecule has 7 aromatic rings. The number of rotatable bonds is 16. The van der Waals surface area contributed by atoms with E-state index in [2.05, 4.69) is 42.5 Å². The number of phenolic OH excluding ortho intramolecular Hbond substituents is 3. The number of aliphatic carboxylic acids is 2. The summed E-state index contributed by atoms with van der Waals surface area (Å²) >= 11 is 16.4. The molecule has 25 N–H and O–H groups in total. The molecule has 9 aliphatic heterocycles. The summed E-state index contributed by atoms with van der Waals surface area (Å²) < 4.78 is 57.3. The van der Waals surface area contributed by atoms with Crippen molar-refractivity contribution >= 4 is 105 Å². The number of aliphatic hydroxyl groups is 10. The summed E-state index contributed by atoms with van der Waals surface area (Å²) in [5.74, 6) is -20.1. The highest BCUT2D eigenvalue weighted by molar-refractivity contribution is 14.1. The molecule has 0 saturated carbocycles. The zero-order chi connectivity index (χ0) is 92.7. The predicted octanol–water partition coefficient (Wildman–Crippen LogP) is -0.823. The SMILES string of the molecule is CC(=O)N[C@H]1C(O)[C@H](O)C(CO)O[C@H]1O[C@@H]1c2ccc(c(Cl)c2)Oc2cc3cc(c2O[C@@H]2OC(CO)[C@@H](O)[C@H](O)C2NC(=O)CCCC(=O)O)Oc2ccc(cc2Cl)C[C@H]2NC(=O)[C@H](N)c4ccc(O)c(c4)Oc4cc(O)cc(c4)[C@H](NC2=O)C(=O)N[C@H]3C(=O)N[C@H]2C(=O)N[C@@H]1C(=O)N[C@H](C(=O)O)c1cc(O)cc(O[C@H]3OC(CO)[C@@H](O)[C@@H](O)C3O)c1-c1cc2ccc1I. The molecule has 0 radical (unpaired) electrons. The fraction of sp³-hybridized carbons (Fsp3) is 0.373. The Balaban J connectivity index is 1.05. The second-order valence-corrected chi connectivity index (χ2v) is 33.0. The number of benzene rings is 7. The Labute approximate surface area is 751 Å². The Morgan fingerprint density at radius 3 is 1.69 bits per heavy atom. The first kappa shape index (κ1) is 93.5. The molecule has 3 saturated heterocycles. The first-order valence-electron chi connectivity index (χ1n) is 39.6. The summed E-state index contributed by atoms with van der Waals surface area (Å²) in [6.45, 7) is -2.21. The van der Waals surface area contributed by atoms with Gasteiger partial charge in [0.2, 0.25) is 65.6 Å². The predicted molar refractivity (Wildman–Crippen MR) is 443 cm³/mol. The van der Waals surface area contributed by atoms with Crippen LogP contribution in [0.3, 0.4) is 0 Å². The Morgan fingerprint density at radius 2 is 1.07 bits per heavy atom. The van der Waals surface area contributed by atoms with E-state index in [1.54, 1.807) is 22.6 Å². The maximum atomic E-state index is 17.0. The lowest BCUT2D eigenvalue weighted by atomic mass is 9.90. The van der Waals surface area contributed by atoms with Gasteiger partial charge >= 0.3 is 11.9 Å². The average molecular weight is 1950 g/mol. The normalized spacial score (nSPS) is 29.2. The second-order valence-electron chi connectivity index (χ2n) is 31.0. The molecular weight excluding hydrogens is 1860 g/mol. The lowest BCUT2D eigenvalue weighted by Crippen LogP contribution is -2.65. The number of hydrogen-bond acceptors (Lipinski definition) is 33. The third kappa shape index (κ3) is 19.9. The van der Waals surface area contributed by atoms with Gasteiger partial charge in [-0.3, -0.25) is 43.2 Å². The summed E-state index contributed by atoms with van der Waals surface area (Å²) in [6, 6.07) is 1.48. The standard InChI is InChI=1S/C83H84Cl2IN9O34/c1-28(99)88-62-68(109)65(106)51(25-96)125-81(62)128-72-32-8-12-46(41(85)18-32)123-50-21-34-20-49(73(50)129-82-63(69(110)66(107)52(26-97)126-82)90-54(103)3-2-4-55(104)105)122-45-11-5-29(13-40(45)84)14-43-74(113)91-59(33-15-35(100)22-37(16-33)121-47-19-30(7-10-44(47)102)57(87)75(114)89-43)77(116)93-60(34)78(117)92-58-31-6-9-42(86)38(17-31)56-39(61(80(119)120)94-79(118)64(72)95-76(58)115)23-36(101)24-48(56)124-83-71(112)70(111)67(108)53(27-98)127-83/h5-13,15-24,43,51-53,57-72,81-83,96-98,100-102,106-112H,2-4,14,25-27,87H2,1H3,(H,88,99)(H,89,114)(H,90,103)(H,91,113)(H,92,117)(H,93,116)(H,94,118)(H,95,115)(H,104,105)(H,119,120)/t43-,51?,52?,53?,57-,58-,59+,60-,61+,62+,63?,64+,65-,66-,67-,68?,69-,70-,71?,72-,81+,82+,83+/m1/s1. The van der Waals surface area contributed by atoms with E-state index in [-0.39, 0.29) is 49.0 Å². The van der Waals surface area contributed by atoms with Crippen molar-refractivity contribution in [1.29, 1.82) is 0 Å². The van der Waals surface area contributed by atoms with E-state index < -0.39 is 323 Å². The van der Waals surface area contributed by atoms with Crippen molar-refractivity contribution in [1.82, 2.24) is 42.5 Å². The molecular formula is C83H84Cl2IN9O34. The van der Waals surface area contributed by atoms with Gasteiger partial charge in [-0.2, -0.15) is 0 Å². The van der Waals surface area contributed by atoms with Crippen molar-refractivity contribution in [3.63, 3.8) is 0 Å². The van der Waals surface area contributed by atoms with Gasteiger partial charge in [-0.15, -0.1) is 0 Å². The Morgan fingerprint density at radius 1 is 0.512 bits per heavy atom. The van der Waals surface area contributed by atoms with Gasteiger partial charge in [0.25, 0.3) is 0 Å². The molecule has 8 amide bonds. The first-order chi connectivity index (χ1) is 61.4. The second kappa shape index (κ2) is 39.0. The zero-order valence-electron chi connectivity index (χ0n) is 66.9. The number of hydrogen-bond donors (Lipinski definition) is 24. The molecule has 43 nitrogen and oxygen atoms in total. The van der Waals surface area contributed by atoms with E-state index >= 15 is 24.0 Å². The Kier molecular flexibility index (Phi) is 28.2. The molecule has 46 heteroatoms. The summed E-state index contributed by atoms with van der Waals surface area (Å²) in [5, 5.41) is 187. The molecule has 129 heavy (non-hydrogen) atoms. The minimum atomic E-state index is -2.57. The molecule has 17 bridgehead atoms. The van der Waals surface area contributed by atoms with Crippen molar-refractivity contribution in [2.75, 3.05) is 19.8 Å².